The van der Waals surface area contributed by atoms with Crippen LogP contribution in [0.5, 0.6) is 0 Å². The van der Waals surface area contributed by atoms with Crippen LogP contribution >= 0.6 is 0 Å². The summed E-state index contributed by atoms with van der Waals surface area (Å²) in [7, 11) is 0. The van der Waals surface area contributed by atoms with E-state index in [-0.39, 0.29) is 23.5 Å². The first-order chi connectivity index (χ1) is 13.1. The molecule has 1 amide bonds. The van der Waals surface area contributed by atoms with Gasteiger partial charge in [-0.1, -0.05) is 80.5 Å². The van der Waals surface area contributed by atoms with Crippen LogP contribution in [0, 0.1) is 0 Å². The zero-order chi connectivity index (χ0) is 20.8. The van der Waals surface area contributed by atoms with Crippen molar-refractivity contribution in [1.29, 1.82) is 0 Å². The smallest absolute Gasteiger partial charge is 0.264 e. The summed E-state index contributed by atoms with van der Waals surface area (Å²) >= 11 is 0. The van der Waals surface area contributed by atoms with E-state index in [4.69, 9.17) is 4.84 Å². The van der Waals surface area contributed by atoms with Crippen LogP contribution in [0.25, 0.3) is 0 Å². The van der Waals surface area contributed by atoms with E-state index in [9.17, 15) is 4.79 Å². The molecule has 0 bridgehead atoms. The summed E-state index contributed by atoms with van der Waals surface area (Å²) in [6.07, 6.45) is 1.64. The SMILES string of the molecule is CC(C)(C)c1ccc(C=NOCC(=O)N(Cc2ccccc2)C(C)(C)C)cc1. The number of benzene rings is 2. The molecule has 0 aliphatic carbocycles. The predicted octanol–water partition coefficient (Wildman–Crippen LogP) is 5.16. The fourth-order valence-electron chi connectivity index (χ4n) is 2.80. The van der Waals surface area contributed by atoms with Crippen LogP contribution < -0.4 is 0 Å². The lowest BCUT2D eigenvalue weighted by Crippen LogP contribution is -2.46. The zero-order valence-corrected chi connectivity index (χ0v) is 17.9. The molecule has 0 radical (unpaired) electrons. The van der Waals surface area contributed by atoms with Crippen molar-refractivity contribution in [2.45, 2.75) is 59.0 Å². The van der Waals surface area contributed by atoms with Crippen molar-refractivity contribution in [3.63, 3.8) is 0 Å². The number of carbonyl (C=O) groups is 1. The Morgan fingerprint density at radius 2 is 1.57 bits per heavy atom. The molecule has 0 aliphatic rings. The maximum absolute atomic E-state index is 12.7. The minimum Gasteiger partial charge on any atom is -0.386 e. The van der Waals surface area contributed by atoms with E-state index in [1.807, 2.05) is 68.1 Å². The summed E-state index contributed by atoms with van der Waals surface area (Å²) in [6.45, 7) is 13.1. The third-order valence-corrected chi connectivity index (χ3v) is 4.54. The highest BCUT2D eigenvalue weighted by Gasteiger charge is 2.26. The molecule has 0 aliphatic heterocycles. The van der Waals surface area contributed by atoms with Gasteiger partial charge < -0.3 is 9.74 Å². The Kier molecular flexibility index (Phi) is 7.00. The average molecular weight is 381 g/mol. The van der Waals surface area contributed by atoms with Gasteiger partial charge in [0.1, 0.15) is 0 Å². The van der Waals surface area contributed by atoms with Gasteiger partial charge in [-0.15, -0.1) is 0 Å². The van der Waals surface area contributed by atoms with Crippen LogP contribution in [0.15, 0.2) is 59.8 Å². The summed E-state index contributed by atoms with van der Waals surface area (Å²) in [6, 6.07) is 18.2. The van der Waals surface area contributed by atoms with Crippen molar-refractivity contribution < 1.29 is 9.63 Å². The molecule has 0 atom stereocenters. The van der Waals surface area contributed by atoms with Gasteiger partial charge in [-0.3, -0.25) is 4.79 Å². The van der Waals surface area contributed by atoms with E-state index in [1.54, 1.807) is 6.21 Å². The van der Waals surface area contributed by atoms with Crippen LogP contribution in [0.2, 0.25) is 0 Å². The predicted molar refractivity (Wildman–Crippen MR) is 115 cm³/mol. The summed E-state index contributed by atoms with van der Waals surface area (Å²) in [4.78, 5) is 19.8. The zero-order valence-electron chi connectivity index (χ0n) is 17.9. The molecule has 4 heteroatoms. The minimum absolute atomic E-state index is 0.0827. The third kappa shape index (κ3) is 6.52. The fraction of sp³-hybridized carbons (Fsp3) is 0.417. The highest BCUT2D eigenvalue weighted by atomic mass is 16.6. The van der Waals surface area contributed by atoms with E-state index < -0.39 is 0 Å². The maximum Gasteiger partial charge on any atom is 0.264 e. The molecule has 0 spiro atoms. The molecule has 0 saturated heterocycles. The highest BCUT2D eigenvalue weighted by Crippen LogP contribution is 2.22. The van der Waals surface area contributed by atoms with E-state index >= 15 is 0 Å². The Hall–Kier alpha value is -2.62. The number of hydrogen-bond acceptors (Lipinski definition) is 3. The van der Waals surface area contributed by atoms with Crippen molar-refractivity contribution >= 4 is 12.1 Å². The van der Waals surface area contributed by atoms with E-state index in [0.29, 0.717) is 6.54 Å². The van der Waals surface area contributed by atoms with Crippen LogP contribution in [0.1, 0.15) is 58.2 Å². The van der Waals surface area contributed by atoms with Crippen LogP contribution in [0.3, 0.4) is 0 Å². The molecule has 2 aromatic carbocycles. The second kappa shape index (κ2) is 9.05. The Balaban J connectivity index is 1.94. The van der Waals surface area contributed by atoms with Gasteiger partial charge in [0.25, 0.3) is 5.91 Å². The quantitative estimate of drug-likeness (QED) is 0.513. The molecule has 2 rings (SSSR count). The lowest BCUT2D eigenvalue weighted by Gasteiger charge is -2.35. The lowest BCUT2D eigenvalue weighted by atomic mass is 9.87. The van der Waals surface area contributed by atoms with Crippen LogP contribution in [-0.2, 0) is 21.6 Å². The Bertz CT molecular complexity index is 782. The standard InChI is InChI=1S/C24H32N2O2/c1-23(2,3)21-14-12-19(13-15-21)16-25-28-18-22(27)26(24(4,5)6)17-20-10-8-7-9-11-20/h7-16H,17-18H2,1-6H3. The first-order valence-corrected chi connectivity index (χ1v) is 9.67. The first-order valence-electron chi connectivity index (χ1n) is 9.67. The largest absolute Gasteiger partial charge is 0.386 e. The summed E-state index contributed by atoms with van der Waals surface area (Å²) in [5, 5.41) is 3.97. The molecule has 28 heavy (non-hydrogen) atoms. The molecule has 0 heterocycles. The molecule has 150 valence electrons. The maximum atomic E-state index is 12.7. The van der Waals surface area contributed by atoms with Crippen molar-refractivity contribution in [3.05, 3.63) is 71.3 Å². The molecule has 0 aromatic heterocycles. The molecular formula is C24H32N2O2. The van der Waals surface area contributed by atoms with Gasteiger partial charge in [-0.25, -0.2) is 0 Å². The highest BCUT2D eigenvalue weighted by molar-refractivity contribution is 5.80. The van der Waals surface area contributed by atoms with Crippen molar-refractivity contribution in [2.75, 3.05) is 6.61 Å². The number of nitrogens with zero attached hydrogens (tertiary/aromatic N) is 2. The van der Waals surface area contributed by atoms with Gasteiger partial charge in [0.05, 0.1) is 6.21 Å². The topological polar surface area (TPSA) is 41.9 Å². The number of oxime groups is 1. The second-order valence-electron chi connectivity index (χ2n) is 9.02. The number of rotatable bonds is 6. The van der Waals surface area contributed by atoms with Gasteiger partial charge in [0, 0.05) is 12.1 Å². The van der Waals surface area contributed by atoms with Gasteiger partial charge in [-0.2, -0.15) is 0 Å². The molecule has 0 fully saturated rings. The van der Waals surface area contributed by atoms with Crippen molar-refractivity contribution in [2.24, 2.45) is 5.16 Å². The number of hydrogen-bond donors (Lipinski definition) is 0. The molecule has 0 saturated carbocycles. The summed E-state index contributed by atoms with van der Waals surface area (Å²) in [5.74, 6) is -0.0865. The van der Waals surface area contributed by atoms with Crippen molar-refractivity contribution in [1.82, 2.24) is 4.90 Å². The molecule has 0 unspecified atom stereocenters. The Morgan fingerprint density at radius 3 is 2.11 bits per heavy atom. The van der Waals surface area contributed by atoms with E-state index in [1.165, 1.54) is 5.56 Å². The molecule has 0 N–H and O–H groups in total. The summed E-state index contributed by atoms with van der Waals surface area (Å²) in [5.41, 5.74) is 3.12. The molecule has 4 nitrogen and oxygen atoms in total. The molecular weight excluding hydrogens is 348 g/mol. The fourth-order valence-corrected chi connectivity index (χ4v) is 2.80. The average Bonchev–Trinajstić information content (AvgIpc) is 2.62. The van der Waals surface area contributed by atoms with E-state index in [0.717, 1.165) is 11.1 Å². The second-order valence-corrected chi connectivity index (χ2v) is 9.02. The molecule has 2 aromatic rings. The van der Waals surface area contributed by atoms with Crippen LogP contribution in [-0.4, -0.2) is 29.2 Å². The minimum atomic E-state index is -0.303. The normalized spacial score (nSPS) is 12.2. The monoisotopic (exact) mass is 380 g/mol. The lowest BCUT2D eigenvalue weighted by molar-refractivity contribution is -0.141. The Morgan fingerprint density at radius 1 is 0.964 bits per heavy atom. The van der Waals surface area contributed by atoms with Crippen LogP contribution in [0.4, 0.5) is 0 Å². The van der Waals surface area contributed by atoms with Gasteiger partial charge >= 0.3 is 0 Å². The summed E-state index contributed by atoms with van der Waals surface area (Å²) < 4.78 is 0. The third-order valence-electron chi connectivity index (χ3n) is 4.54. The van der Waals surface area contributed by atoms with Crippen molar-refractivity contribution in [3.8, 4) is 0 Å². The van der Waals surface area contributed by atoms with Gasteiger partial charge in [0.15, 0.2) is 6.61 Å². The van der Waals surface area contributed by atoms with Gasteiger partial charge in [0.2, 0.25) is 0 Å². The van der Waals surface area contributed by atoms with E-state index in [2.05, 4.69) is 38.1 Å². The van der Waals surface area contributed by atoms with Gasteiger partial charge in [-0.05, 0) is 42.9 Å². The first kappa shape index (κ1) is 21.7. The number of carbonyl (C=O) groups excluding carboxylic acids is 1. The Labute approximate surface area is 169 Å². The number of amides is 1.